The number of rotatable bonds is 12. The van der Waals surface area contributed by atoms with Crippen LogP contribution in [0, 0.1) is 0 Å². The molecule has 0 radical (unpaired) electrons. The average Bonchev–Trinajstić information content (AvgIpc) is 3.12. The van der Waals surface area contributed by atoms with Crippen LogP contribution >= 0.6 is 0 Å². The lowest BCUT2D eigenvalue weighted by atomic mass is 9.71. The second-order valence-corrected chi connectivity index (χ2v) is 11.7. The van der Waals surface area contributed by atoms with E-state index in [1.807, 2.05) is 110 Å². The van der Waals surface area contributed by atoms with E-state index in [9.17, 15) is 9.59 Å². The number of esters is 1. The van der Waals surface area contributed by atoms with Gasteiger partial charge in [0.25, 0.3) is 0 Å². The van der Waals surface area contributed by atoms with Gasteiger partial charge in [0.1, 0.15) is 31.3 Å². The normalized spacial score (nSPS) is 17.3. The maximum atomic E-state index is 14.3. The Labute approximate surface area is 280 Å². The third-order valence-electron chi connectivity index (χ3n) is 8.72. The lowest BCUT2D eigenvalue weighted by Crippen LogP contribution is -2.36. The summed E-state index contributed by atoms with van der Waals surface area (Å²) in [4.78, 5) is 28.2. The summed E-state index contributed by atoms with van der Waals surface area (Å²) in [5.41, 5.74) is 5.06. The standard InChI is InChI=1S/C40H39NO7/c1-26-37(40(43)47-21-20-46-30-14-8-5-9-15-30)38(31-16-10-11-17-34(31)48-25-27-12-6-4-7-13-27)39-32(41-26)22-29(23-33(39)42)28-18-19-35(44-2)36(24-28)45-3/h4-19,24,29,38,41H,20-23,25H2,1-3H3. The molecule has 0 fully saturated rings. The number of methoxy groups -OCH3 is 2. The molecule has 1 N–H and O–H groups in total. The van der Waals surface area contributed by atoms with Crippen LogP contribution in [0.2, 0.25) is 0 Å². The van der Waals surface area contributed by atoms with Crippen LogP contribution in [-0.2, 0) is 20.9 Å². The first-order valence-corrected chi connectivity index (χ1v) is 16.0. The van der Waals surface area contributed by atoms with Crippen molar-refractivity contribution in [2.75, 3.05) is 27.4 Å². The van der Waals surface area contributed by atoms with Crippen molar-refractivity contribution < 1.29 is 33.3 Å². The molecular formula is C40H39NO7. The molecule has 2 atom stereocenters. The number of para-hydroxylation sites is 2. The highest BCUT2D eigenvalue weighted by atomic mass is 16.6. The summed E-state index contributed by atoms with van der Waals surface area (Å²) in [7, 11) is 3.20. The van der Waals surface area contributed by atoms with Gasteiger partial charge in [-0.3, -0.25) is 4.79 Å². The number of Topliss-reactive ketones (excluding diaryl/α,β-unsaturated/α-hetero) is 1. The zero-order valence-corrected chi connectivity index (χ0v) is 27.4. The molecule has 0 bridgehead atoms. The van der Waals surface area contributed by atoms with Crippen LogP contribution in [0.1, 0.15) is 48.3 Å². The maximum Gasteiger partial charge on any atom is 0.336 e. The van der Waals surface area contributed by atoms with E-state index in [1.54, 1.807) is 14.2 Å². The summed E-state index contributed by atoms with van der Waals surface area (Å²) < 4.78 is 28.9. The monoisotopic (exact) mass is 645 g/mol. The van der Waals surface area contributed by atoms with Gasteiger partial charge in [-0.05, 0) is 60.7 Å². The first-order chi connectivity index (χ1) is 23.5. The minimum atomic E-state index is -0.686. The van der Waals surface area contributed by atoms with Gasteiger partial charge in [-0.15, -0.1) is 0 Å². The number of ketones is 1. The molecule has 48 heavy (non-hydrogen) atoms. The summed E-state index contributed by atoms with van der Waals surface area (Å²) in [6.07, 6.45) is 0.844. The summed E-state index contributed by atoms with van der Waals surface area (Å²) >= 11 is 0. The molecule has 0 saturated carbocycles. The van der Waals surface area contributed by atoms with E-state index in [1.165, 1.54) is 0 Å². The molecule has 4 aromatic rings. The molecule has 2 unspecified atom stereocenters. The second-order valence-electron chi connectivity index (χ2n) is 11.7. The van der Waals surface area contributed by atoms with Gasteiger partial charge < -0.3 is 29.0 Å². The molecule has 1 aliphatic carbocycles. The Morgan fingerprint density at radius 2 is 1.48 bits per heavy atom. The molecule has 0 saturated heterocycles. The third kappa shape index (κ3) is 7.08. The minimum Gasteiger partial charge on any atom is -0.493 e. The van der Waals surface area contributed by atoms with E-state index in [2.05, 4.69) is 5.32 Å². The van der Waals surface area contributed by atoms with Gasteiger partial charge >= 0.3 is 5.97 Å². The number of allylic oxidation sites excluding steroid dienone is 3. The molecular weight excluding hydrogens is 606 g/mol. The highest BCUT2D eigenvalue weighted by Gasteiger charge is 2.42. The predicted molar refractivity (Wildman–Crippen MR) is 182 cm³/mol. The Morgan fingerprint density at radius 3 is 2.23 bits per heavy atom. The van der Waals surface area contributed by atoms with E-state index in [0.717, 1.165) is 22.4 Å². The number of ether oxygens (including phenoxy) is 5. The largest absolute Gasteiger partial charge is 0.493 e. The Morgan fingerprint density at radius 1 is 0.771 bits per heavy atom. The first-order valence-electron chi connectivity index (χ1n) is 16.0. The number of hydrogen-bond donors (Lipinski definition) is 1. The summed E-state index contributed by atoms with van der Waals surface area (Å²) in [5, 5.41) is 3.43. The van der Waals surface area contributed by atoms with Crippen molar-refractivity contribution in [1.29, 1.82) is 0 Å². The van der Waals surface area contributed by atoms with Crippen molar-refractivity contribution in [2.24, 2.45) is 0 Å². The number of carbonyl (C=O) groups excluding carboxylic acids is 2. The number of benzene rings is 4. The molecule has 0 spiro atoms. The highest BCUT2D eigenvalue weighted by molar-refractivity contribution is 6.04. The zero-order chi connectivity index (χ0) is 33.5. The lowest BCUT2D eigenvalue weighted by Gasteiger charge is -2.37. The number of carbonyl (C=O) groups is 2. The van der Waals surface area contributed by atoms with Crippen molar-refractivity contribution in [2.45, 2.75) is 38.2 Å². The average molecular weight is 646 g/mol. The third-order valence-corrected chi connectivity index (χ3v) is 8.72. The van der Waals surface area contributed by atoms with Crippen molar-refractivity contribution in [3.05, 3.63) is 142 Å². The fraction of sp³-hybridized carbons (Fsp3) is 0.250. The second kappa shape index (κ2) is 14.9. The van der Waals surface area contributed by atoms with E-state index >= 15 is 0 Å². The zero-order valence-electron chi connectivity index (χ0n) is 27.4. The number of dihydropyridines is 1. The fourth-order valence-corrected chi connectivity index (χ4v) is 6.44. The Hall–Kier alpha value is -5.50. The van der Waals surface area contributed by atoms with Crippen LogP contribution in [0.25, 0.3) is 0 Å². The van der Waals surface area contributed by atoms with Crippen LogP contribution in [-0.4, -0.2) is 39.2 Å². The molecule has 8 heteroatoms. The topological polar surface area (TPSA) is 92.3 Å². The van der Waals surface area contributed by atoms with Gasteiger partial charge in [0.15, 0.2) is 17.3 Å². The van der Waals surface area contributed by atoms with E-state index in [4.69, 9.17) is 23.7 Å². The van der Waals surface area contributed by atoms with Gasteiger partial charge in [-0.25, -0.2) is 4.79 Å². The molecule has 2 aliphatic rings. The van der Waals surface area contributed by atoms with Gasteiger partial charge in [-0.2, -0.15) is 0 Å². The van der Waals surface area contributed by atoms with Crippen LogP contribution in [0.4, 0.5) is 0 Å². The smallest absolute Gasteiger partial charge is 0.336 e. The Bertz CT molecular complexity index is 1830. The van der Waals surface area contributed by atoms with Crippen molar-refractivity contribution in [3.8, 4) is 23.0 Å². The molecule has 8 nitrogen and oxygen atoms in total. The van der Waals surface area contributed by atoms with Crippen LogP contribution in [0.5, 0.6) is 23.0 Å². The van der Waals surface area contributed by atoms with E-state index in [0.29, 0.717) is 52.9 Å². The van der Waals surface area contributed by atoms with Crippen LogP contribution < -0.4 is 24.3 Å². The quantitative estimate of drug-likeness (QED) is 0.127. The Balaban J connectivity index is 1.33. The molecule has 6 rings (SSSR count). The van der Waals surface area contributed by atoms with E-state index < -0.39 is 11.9 Å². The summed E-state index contributed by atoms with van der Waals surface area (Å²) in [6.45, 7) is 2.43. The van der Waals surface area contributed by atoms with Crippen LogP contribution in [0.15, 0.2) is 126 Å². The van der Waals surface area contributed by atoms with Gasteiger partial charge in [-0.1, -0.05) is 72.8 Å². The summed E-state index contributed by atoms with van der Waals surface area (Å²) in [5.74, 6) is 1.19. The van der Waals surface area contributed by atoms with Crippen LogP contribution in [0.3, 0.4) is 0 Å². The maximum absolute atomic E-state index is 14.3. The fourth-order valence-electron chi connectivity index (χ4n) is 6.44. The predicted octanol–water partition coefficient (Wildman–Crippen LogP) is 7.27. The SMILES string of the molecule is COc1ccc(C2CC(=O)C3=C(C2)NC(C)=C(C(=O)OCCOc2ccccc2)C3c2ccccc2OCc2ccccc2)cc1OC. The van der Waals surface area contributed by atoms with Crippen molar-refractivity contribution in [1.82, 2.24) is 5.32 Å². The number of nitrogens with one attached hydrogen (secondary N) is 1. The molecule has 1 aliphatic heterocycles. The molecule has 1 heterocycles. The van der Waals surface area contributed by atoms with Crippen molar-refractivity contribution in [3.63, 3.8) is 0 Å². The lowest BCUT2D eigenvalue weighted by molar-refractivity contribution is -0.140. The van der Waals surface area contributed by atoms with Crippen molar-refractivity contribution >= 4 is 11.8 Å². The Kier molecular flexibility index (Phi) is 10.1. The summed E-state index contributed by atoms with van der Waals surface area (Å²) in [6, 6.07) is 32.6. The van der Waals surface area contributed by atoms with Gasteiger partial charge in [0.05, 0.1) is 25.7 Å². The van der Waals surface area contributed by atoms with Gasteiger partial charge in [0, 0.05) is 29.0 Å². The minimum absolute atomic E-state index is 0.0448. The molecule has 0 amide bonds. The highest BCUT2D eigenvalue weighted by Crippen LogP contribution is 2.48. The molecule has 4 aromatic carbocycles. The first kappa shape index (κ1) is 32.4. The van der Waals surface area contributed by atoms with Gasteiger partial charge in [0.2, 0.25) is 0 Å². The molecule has 246 valence electrons. The van der Waals surface area contributed by atoms with E-state index in [-0.39, 0.29) is 31.3 Å². The number of hydrogen-bond acceptors (Lipinski definition) is 8. The molecule has 0 aromatic heterocycles.